The molecule has 0 unspecified atom stereocenters. The van der Waals surface area contributed by atoms with Crippen molar-refractivity contribution < 1.29 is 24.6 Å². The molecule has 1 heterocycles. The van der Waals surface area contributed by atoms with Gasteiger partial charge in [0.15, 0.2) is 12.2 Å². The van der Waals surface area contributed by atoms with E-state index in [2.05, 4.69) is 10.6 Å². The Morgan fingerprint density at radius 3 is 2.37 bits per heavy atom. The molecule has 4 N–H and O–H groups in total. The van der Waals surface area contributed by atoms with Gasteiger partial charge in [0, 0.05) is 26.7 Å². The van der Waals surface area contributed by atoms with E-state index in [4.69, 9.17) is 0 Å². The SMILES string of the molecule is CN(CCc1ccccc1)C(=O)[C@H](O)[C@@H](O)C(=O)NCCCNC(=O)c1cccs1. The Hall–Kier alpha value is -2.75. The second-order valence-electron chi connectivity index (χ2n) is 6.76. The third-order valence-electron chi connectivity index (χ3n) is 4.46. The van der Waals surface area contributed by atoms with E-state index in [1.165, 1.54) is 23.3 Å². The largest absolute Gasteiger partial charge is 0.380 e. The molecule has 0 saturated heterocycles. The molecule has 0 fully saturated rings. The molecule has 2 rings (SSSR count). The van der Waals surface area contributed by atoms with Crippen LogP contribution in [-0.2, 0) is 16.0 Å². The van der Waals surface area contributed by atoms with Crippen molar-refractivity contribution >= 4 is 29.1 Å². The van der Waals surface area contributed by atoms with Crippen molar-refractivity contribution in [1.82, 2.24) is 15.5 Å². The first-order valence-electron chi connectivity index (χ1n) is 9.64. The summed E-state index contributed by atoms with van der Waals surface area (Å²) in [6.07, 6.45) is -2.67. The molecule has 9 heteroatoms. The number of thiophene rings is 1. The number of benzene rings is 1. The van der Waals surface area contributed by atoms with Crippen LogP contribution in [0.4, 0.5) is 0 Å². The van der Waals surface area contributed by atoms with Crippen molar-refractivity contribution in [2.45, 2.75) is 25.0 Å². The lowest BCUT2D eigenvalue weighted by atomic mass is 10.1. The van der Waals surface area contributed by atoms with Gasteiger partial charge in [-0.2, -0.15) is 0 Å². The fourth-order valence-corrected chi connectivity index (χ4v) is 3.30. The van der Waals surface area contributed by atoms with Gasteiger partial charge in [0.1, 0.15) is 0 Å². The number of aliphatic hydroxyl groups is 2. The van der Waals surface area contributed by atoms with Crippen LogP contribution in [0.2, 0.25) is 0 Å². The molecular formula is C21H27N3O5S. The van der Waals surface area contributed by atoms with Gasteiger partial charge in [-0.05, 0) is 29.9 Å². The molecule has 0 spiro atoms. The van der Waals surface area contributed by atoms with Crippen LogP contribution in [0.5, 0.6) is 0 Å². The maximum atomic E-state index is 12.3. The Kier molecular flexibility index (Phi) is 9.46. The van der Waals surface area contributed by atoms with Crippen LogP contribution in [-0.4, -0.2) is 71.7 Å². The average molecular weight is 434 g/mol. The summed E-state index contributed by atoms with van der Waals surface area (Å²) in [6, 6.07) is 13.1. The highest BCUT2D eigenvalue weighted by atomic mass is 32.1. The normalized spacial score (nSPS) is 12.6. The first-order chi connectivity index (χ1) is 14.4. The Morgan fingerprint density at radius 1 is 1.00 bits per heavy atom. The first-order valence-corrected chi connectivity index (χ1v) is 10.5. The summed E-state index contributed by atoms with van der Waals surface area (Å²) in [5.41, 5.74) is 1.04. The van der Waals surface area contributed by atoms with Gasteiger partial charge >= 0.3 is 0 Å². The highest BCUT2D eigenvalue weighted by Crippen LogP contribution is 2.07. The molecule has 2 aromatic rings. The van der Waals surface area contributed by atoms with Gasteiger partial charge in [0.2, 0.25) is 0 Å². The van der Waals surface area contributed by atoms with E-state index in [1.54, 1.807) is 12.1 Å². The van der Waals surface area contributed by atoms with E-state index in [0.717, 1.165) is 5.56 Å². The third kappa shape index (κ3) is 7.25. The maximum Gasteiger partial charge on any atom is 0.261 e. The molecule has 0 aliphatic rings. The van der Waals surface area contributed by atoms with Crippen molar-refractivity contribution in [3.8, 4) is 0 Å². The summed E-state index contributed by atoms with van der Waals surface area (Å²) in [4.78, 5) is 37.9. The van der Waals surface area contributed by atoms with Gasteiger partial charge in [-0.25, -0.2) is 0 Å². The predicted octanol–water partition coefficient (Wildman–Crippen LogP) is 0.407. The highest BCUT2D eigenvalue weighted by Gasteiger charge is 2.31. The van der Waals surface area contributed by atoms with E-state index in [-0.39, 0.29) is 12.5 Å². The average Bonchev–Trinajstić information content (AvgIpc) is 3.31. The van der Waals surface area contributed by atoms with Crippen LogP contribution in [0.25, 0.3) is 0 Å². The van der Waals surface area contributed by atoms with Crippen molar-refractivity contribution in [2.24, 2.45) is 0 Å². The molecular weight excluding hydrogens is 406 g/mol. The lowest BCUT2D eigenvalue weighted by Gasteiger charge is -2.23. The van der Waals surface area contributed by atoms with Crippen LogP contribution < -0.4 is 10.6 Å². The number of likely N-dealkylation sites (N-methyl/N-ethyl adjacent to an activating group) is 1. The zero-order valence-corrected chi connectivity index (χ0v) is 17.6. The Balaban J connectivity index is 1.66. The van der Waals surface area contributed by atoms with Gasteiger partial charge in [0.25, 0.3) is 17.7 Å². The van der Waals surface area contributed by atoms with Crippen LogP contribution in [0.3, 0.4) is 0 Å². The van der Waals surface area contributed by atoms with Crippen LogP contribution in [0, 0.1) is 0 Å². The molecule has 1 aromatic heterocycles. The summed E-state index contributed by atoms with van der Waals surface area (Å²) >= 11 is 1.34. The standard InChI is InChI=1S/C21H27N3O5S/c1-24(13-10-15-7-3-2-4-8-15)21(29)18(26)17(25)20(28)23-12-6-11-22-19(27)16-9-5-14-30-16/h2-5,7-9,14,17-18,25-26H,6,10-13H2,1H3,(H,22,27)(H,23,28)/t17-,18-/m1/s1. The molecule has 2 atom stereocenters. The summed E-state index contributed by atoms with van der Waals surface area (Å²) in [5.74, 6) is -1.75. The van der Waals surface area contributed by atoms with E-state index >= 15 is 0 Å². The molecule has 0 bridgehead atoms. The number of hydrogen-bond donors (Lipinski definition) is 4. The molecule has 1 aromatic carbocycles. The third-order valence-corrected chi connectivity index (χ3v) is 5.33. The van der Waals surface area contributed by atoms with Gasteiger partial charge in [-0.3, -0.25) is 14.4 Å². The second-order valence-corrected chi connectivity index (χ2v) is 7.71. The topological polar surface area (TPSA) is 119 Å². The highest BCUT2D eigenvalue weighted by molar-refractivity contribution is 7.12. The summed E-state index contributed by atoms with van der Waals surface area (Å²) in [6.45, 7) is 0.875. The Bertz CT molecular complexity index is 813. The molecule has 30 heavy (non-hydrogen) atoms. The van der Waals surface area contributed by atoms with Crippen molar-refractivity contribution in [2.75, 3.05) is 26.7 Å². The minimum Gasteiger partial charge on any atom is -0.380 e. The molecule has 0 aliphatic heterocycles. The quantitative estimate of drug-likeness (QED) is 0.383. The molecule has 3 amide bonds. The minimum absolute atomic E-state index is 0.184. The zero-order chi connectivity index (χ0) is 21.9. The Labute approximate surface area is 179 Å². The summed E-state index contributed by atoms with van der Waals surface area (Å²) < 4.78 is 0. The fraction of sp³-hybridized carbons (Fsp3) is 0.381. The van der Waals surface area contributed by atoms with Crippen molar-refractivity contribution in [3.05, 3.63) is 58.3 Å². The number of carbonyl (C=O) groups is 3. The smallest absolute Gasteiger partial charge is 0.261 e. The van der Waals surface area contributed by atoms with Gasteiger partial charge < -0.3 is 25.7 Å². The van der Waals surface area contributed by atoms with E-state index in [0.29, 0.717) is 30.8 Å². The minimum atomic E-state index is -1.86. The van der Waals surface area contributed by atoms with E-state index in [1.807, 2.05) is 35.7 Å². The molecule has 162 valence electrons. The van der Waals surface area contributed by atoms with E-state index in [9.17, 15) is 24.6 Å². The number of nitrogens with zero attached hydrogens (tertiary/aromatic N) is 1. The van der Waals surface area contributed by atoms with Crippen LogP contribution in [0.1, 0.15) is 21.7 Å². The zero-order valence-electron chi connectivity index (χ0n) is 16.8. The van der Waals surface area contributed by atoms with Gasteiger partial charge in [0.05, 0.1) is 4.88 Å². The number of hydrogen-bond acceptors (Lipinski definition) is 6. The Morgan fingerprint density at radius 2 is 1.70 bits per heavy atom. The fourth-order valence-electron chi connectivity index (χ4n) is 2.66. The van der Waals surface area contributed by atoms with Gasteiger partial charge in [-0.15, -0.1) is 11.3 Å². The first kappa shape index (κ1) is 23.5. The number of amides is 3. The lowest BCUT2D eigenvalue weighted by Crippen LogP contribution is -2.50. The summed E-state index contributed by atoms with van der Waals surface area (Å²) in [7, 11) is 1.51. The second kappa shape index (κ2) is 12.1. The number of rotatable bonds is 11. The van der Waals surface area contributed by atoms with Crippen molar-refractivity contribution in [3.63, 3.8) is 0 Å². The van der Waals surface area contributed by atoms with Crippen molar-refractivity contribution in [1.29, 1.82) is 0 Å². The molecule has 0 saturated carbocycles. The monoisotopic (exact) mass is 433 g/mol. The molecule has 8 nitrogen and oxygen atoms in total. The van der Waals surface area contributed by atoms with Crippen LogP contribution >= 0.6 is 11.3 Å². The number of carbonyl (C=O) groups excluding carboxylic acids is 3. The molecule has 0 radical (unpaired) electrons. The van der Waals surface area contributed by atoms with Gasteiger partial charge in [-0.1, -0.05) is 36.4 Å². The summed E-state index contributed by atoms with van der Waals surface area (Å²) in [5, 5.41) is 27.0. The number of nitrogens with one attached hydrogen (secondary N) is 2. The molecule has 0 aliphatic carbocycles. The lowest BCUT2D eigenvalue weighted by molar-refractivity contribution is -0.152. The van der Waals surface area contributed by atoms with E-state index < -0.39 is 24.0 Å². The van der Waals surface area contributed by atoms with Crippen LogP contribution in [0.15, 0.2) is 47.8 Å². The number of aliphatic hydroxyl groups excluding tert-OH is 2. The maximum absolute atomic E-state index is 12.3. The predicted molar refractivity (Wildman–Crippen MR) is 114 cm³/mol.